The lowest BCUT2D eigenvalue weighted by Gasteiger charge is -2.22. The monoisotopic (exact) mass is 361 g/mol. The molecule has 1 aromatic heterocycles. The van der Waals surface area contributed by atoms with Gasteiger partial charge in [0.05, 0.1) is 6.04 Å². The second kappa shape index (κ2) is 8.26. The first-order chi connectivity index (χ1) is 13.0. The van der Waals surface area contributed by atoms with Crippen molar-refractivity contribution in [2.75, 3.05) is 0 Å². The van der Waals surface area contributed by atoms with E-state index in [1.807, 2.05) is 13.0 Å². The lowest BCUT2D eigenvalue weighted by molar-refractivity contribution is -0.131. The van der Waals surface area contributed by atoms with Gasteiger partial charge in [-0.05, 0) is 60.7 Å². The molecular weight excluding hydrogens is 334 g/mol. The number of unbranched alkanes of at least 4 members (excludes halogenated alkanes) is 1. The molecular formula is C24H27NO2. The molecule has 0 saturated heterocycles. The predicted molar refractivity (Wildman–Crippen MR) is 112 cm³/mol. The highest BCUT2D eigenvalue weighted by Gasteiger charge is 2.17. The van der Waals surface area contributed by atoms with Crippen LogP contribution in [0.5, 0.6) is 0 Å². The van der Waals surface area contributed by atoms with Crippen LogP contribution in [0.2, 0.25) is 0 Å². The smallest absolute Gasteiger partial charge is 0.328 e. The highest BCUT2D eigenvalue weighted by atomic mass is 16.4. The summed E-state index contributed by atoms with van der Waals surface area (Å²) in [6.07, 6.45) is 6.87. The molecule has 3 aromatic rings. The lowest BCUT2D eigenvalue weighted by atomic mass is 9.96. The predicted octanol–water partition coefficient (Wildman–Crippen LogP) is 6.22. The van der Waals surface area contributed by atoms with Crippen LogP contribution in [-0.4, -0.2) is 15.6 Å². The fourth-order valence-corrected chi connectivity index (χ4v) is 3.75. The Kier molecular flexibility index (Phi) is 5.80. The summed E-state index contributed by atoms with van der Waals surface area (Å²) in [5, 5.41) is 10.1. The van der Waals surface area contributed by atoms with Gasteiger partial charge in [-0.3, -0.25) is 0 Å². The maximum Gasteiger partial charge on any atom is 0.328 e. The molecule has 0 bridgehead atoms. The average molecular weight is 361 g/mol. The molecule has 1 heterocycles. The number of nitrogens with zero attached hydrogens (tertiary/aromatic N) is 1. The number of carboxylic acids is 1. The summed E-state index contributed by atoms with van der Waals surface area (Å²) in [5.41, 5.74) is 5.58. The number of carboxylic acid groups (broad SMARTS) is 1. The van der Waals surface area contributed by atoms with E-state index in [-0.39, 0.29) is 0 Å². The number of rotatable bonds is 7. The molecule has 27 heavy (non-hydrogen) atoms. The number of benzene rings is 2. The van der Waals surface area contributed by atoms with Crippen molar-refractivity contribution < 1.29 is 9.90 Å². The van der Waals surface area contributed by atoms with Gasteiger partial charge in [-0.25, -0.2) is 4.79 Å². The molecule has 0 spiro atoms. The van der Waals surface area contributed by atoms with Gasteiger partial charge in [0.2, 0.25) is 0 Å². The molecule has 0 aliphatic rings. The van der Waals surface area contributed by atoms with Gasteiger partial charge in [0.1, 0.15) is 0 Å². The van der Waals surface area contributed by atoms with Crippen molar-refractivity contribution >= 4 is 22.4 Å². The second-order valence-corrected chi connectivity index (χ2v) is 7.18. The zero-order valence-electron chi connectivity index (χ0n) is 16.3. The first-order valence-corrected chi connectivity index (χ1v) is 9.59. The minimum absolute atomic E-state index is 0.310. The molecule has 0 radical (unpaired) electrons. The summed E-state index contributed by atoms with van der Waals surface area (Å²) < 4.78 is 2.37. The molecule has 0 aliphatic heterocycles. The van der Waals surface area contributed by atoms with Crippen LogP contribution in [0.1, 0.15) is 55.8 Å². The minimum Gasteiger partial charge on any atom is -0.478 e. The average Bonchev–Trinajstić information content (AvgIpc) is 3.06. The van der Waals surface area contributed by atoms with Crippen LogP contribution in [0.15, 0.2) is 60.8 Å². The number of hydrogen-bond donors (Lipinski definition) is 1. The fraction of sp³-hybridized carbons (Fsp3) is 0.292. The maximum absolute atomic E-state index is 10.9. The highest BCUT2D eigenvalue weighted by Crippen LogP contribution is 2.32. The van der Waals surface area contributed by atoms with Crippen molar-refractivity contribution in [3.8, 4) is 0 Å². The number of aryl methyl sites for hydroxylation is 1. The number of aliphatic carboxylic acids is 1. The van der Waals surface area contributed by atoms with Gasteiger partial charge >= 0.3 is 5.97 Å². The number of aromatic nitrogens is 1. The number of allylic oxidation sites excluding steroid dienone is 1. The molecule has 140 valence electrons. The minimum atomic E-state index is -0.913. The summed E-state index contributed by atoms with van der Waals surface area (Å²) in [6, 6.07) is 17.3. The van der Waals surface area contributed by atoms with Crippen molar-refractivity contribution in [1.82, 2.24) is 4.57 Å². The Labute approximate surface area is 161 Å². The topological polar surface area (TPSA) is 42.2 Å². The van der Waals surface area contributed by atoms with Gasteiger partial charge in [-0.2, -0.15) is 0 Å². The Morgan fingerprint density at radius 2 is 1.96 bits per heavy atom. The standard InChI is InChI=1S/C24H27NO2/c1-4-5-10-23(21-9-7-6-8-17(21)2)25-14-13-20-16-19(11-12-22(20)25)18(3)15-24(26)27/h6-9,11-16,23H,4-5,10H2,1-3H3,(H,26,27)/b18-15+. The van der Waals surface area contributed by atoms with Gasteiger partial charge in [-0.15, -0.1) is 0 Å². The summed E-state index contributed by atoms with van der Waals surface area (Å²) in [5.74, 6) is -0.913. The van der Waals surface area contributed by atoms with E-state index in [4.69, 9.17) is 5.11 Å². The van der Waals surface area contributed by atoms with E-state index in [9.17, 15) is 4.79 Å². The van der Waals surface area contributed by atoms with Crippen LogP contribution in [0, 0.1) is 6.92 Å². The van der Waals surface area contributed by atoms with Crippen molar-refractivity contribution in [1.29, 1.82) is 0 Å². The van der Waals surface area contributed by atoms with E-state index in [2.05, 4.69) is 67.1 Å². The number of carbonyl (C=O) groups is 1. The molecule has 0 fully saturated rings. The molecule has 3 rings (SSSR count). The molecule has 1 N–H and O–H groups in total. The zero-order valence-corrected chi connectivity index (χ0v) is 16.3. The Morgan fingerprint density at radius 3 is 2.67 bits per heavy atom. The van der Waals surface area contributed by atoms with Crippen molar-refractivity contribution in [3.63, 3.8) is 0 Å². The van der Waals surface area contributed by atoms with Crippen molar-refractivity contribution in [3.05, 3.63) is 77.5 Å². The van der Waals surface area contributed by atoms with Crippen LogP contribution < -0.4 is 0 Å². The normalized spacial score (nSPS) is 13.1. The molecule has 1 unspecified atom stereocenters. The number of fused-ring (bicyclic) bond motifs is 1. The molecule has 0 aliphatic carbocycles. The third kappa shape index (κ3) is 4.13. The van der Waals surface area contributed by atoms with Gasteiger partial charge in [0.25, 0.3) is 0 Å². The summed E-state index contributed by atoms with van der Waals surface area (Å²) in [4.78, 5) is 10.9. The third-order valence-electron chi connectivity index (χ3n) is 5.23. The Balaban J connectivity index is 2.06. The summed E-state index contributed by atoms with van der Waals surface area (Å²) in [6.45, 7) is 6.24. The van der Waals surface area contributed by atoms with E-state index in [1.54, 1.807) is 0 Å². The largest absolute Gasteiger partial charge is 0.478 e. The van der Waals surface area contributed by atoms with Crippen LogP contribution in [-0.2, 0) is 4.79 Å². The van der Waals surface area contributed by atoms with Crippen LogP contribution in [0.4, 0.5) is 0 Å². The molecule has 1 atom stereocenters. The molecule has 2 aromatic carbocycles. The van der Waals surface area contributed by atoms with E-state index in [0.717, 1.165) is 22.9 Å². The molecule has 0 saturated carbocycles. The Morgan fingerprint density at radius 1 is 1.19 bits per heavy atom. The SMILES string of the molecule is CCCCC(c1ccccc1C)n1ccc2cc(/C(C)=C/C(=O)O)ccc21. The van der Waals surface area contributed by atoms with Crippen LogP contribution in [0.3, 0.4) is 0 Å². The van der Waals surface area contributed by atoms with Crippen LogP contribution in [0.25, 0.3) is 16.5 Å². The van der Waals surface area contributed by atoms with Gasteiger partial charge in [0, 0.05) is 23.2 Å². The first-order valence-electron chi connectivity index (χ1n) is 9.59. The fourth-order valence-electron chi connectivity index (χ4n) is 3.75. The third-order valence-corrected chi connectivity index (χ3v) is 5.23. The van der Waals surface area contributed by atoms with E-state index in [0.29, 0.717) is 6.04 Å². The maximum atomic E-state index is 10.9. The van der Waals surface area contributed by atoms with Gasteiger partial charge < -0.3 is 9.67 Å². The Hall–Kier alpha value is -2.81. The zero-order chi connectivity index (χ0) is 19.4. The molecule has 3 heteroatoms. The van der Waals surface area contributed by atoms with E-state index >= 15 is 0 Å². The number of hydrogen-bond acceptors (Lipinski definition) is 1. The van der Waals surface area contributed by atoms with Gasteiger partial charge in [-0.1, -0.05) is 50.1 Å². The summed E-state index contributed by atoms with van der Waals surface area (Å²) in [7, 11) is 0. The van der Waals surface area contributed by atoms with Crippen LogP contribution >= 0.6 is 0 Å². The molecule has 3 nitrogen and oxygen atoms in total. The Bertz CT molecular complexity index is 981. The quantitative estimate of drug-likeness (QED) is 0.508. The van der Waals surface area contributed by atoms with E-state index < -0.39 is 5.97 Å². The second-order valence-electron chi connectivity index (χ2n) is 7.18. The van der Waals surface area contributed by atoms with E-state index in [1.165, 1.54) is 35.6 Å². The first kappa shape index (κ1) is 19.0. The molecule has 0 amide bonds. The van der Waals surface area contributed by atoms with Crippen molar-refractivity contribution in [2.24, 2.45) is 0 Å². The lowest BCUT2D eigenvalue weighted by Crippen LogP contribution is -2.11. The van der Waals surface area contributed by atoms with Gasteiger partial charge in [0.15, 0.2) is 0 Å². The summed E-state index contributed by atoms with van der Waals surface area (Å²) >= 11 is 0. The highest BCUT2D eigenvalue weighted by molar-refractivity contribution is 5.92. The van der Waals surface area contributed by atoms with Crippen molar-refractivity contribution in [2.45, 2.75) is 46.1 Å².